The molecule has 0 aliphatic heterocycles. The fraction of sp³-hybridized carbons (Fsp3) is 0.533. The highest BCUT2D eigenvalue weighted by Gasteiger charge is 2.19. The van der Waals surface area contributed by atoms with E-state index in [4.69, 9.17) is 9.84 Å². The first-order valence-corrected chi connectivity index (χ1v) is 6.65. The summed E-state index contributed by atoms with van der Waals surface area (Å²) >= 11 is 0. The molecule has 0 aliphatic carbocycles. The lowest BCUT2D eigenvalue weighted by Gasteiger charge is -2.23. The van der Waals surface area contributed by atoms with Gasteiger partial charge < -0.3 is 14.7 Å². The fourth-order valence-corrected chi connectivity index (χ4v) is 2.06. The Morgan fingerprint density at radius 3 is 2.47 bits per heavy atom. The number of aliphatic hydroxyl groups excluding tert-OH is 1. The van der Waals surface area contributed by atoms with Gasteiger partial charge in [0.1, 0.15) is 5.75 Å². The van der Waals surface area contributed by atoms with E-state index < -0.39 is 0 Å². The van der Waals surface area contributed by atoms with Gasteiger partial charge in [-0.15, -0.1) is 0 Å². The summed E-state index contributed by atoms with van der Waals surface area (Å²) in [4.78, 5) is 13.9. The lowest BCUT2D eigenvalue weighted by Crippen LogP contribution is -2.37. The van der Waals surface area contributed by atoms with Crippen molar-refractivity contribution in [1.82, 2.24) is 4.90 Å². The second-order valence-electron chi connectivity index (χ2n) is 4.59. The zero-order chi connectivity index (χ0) is 14.3. The fourth-order valence-electron chi connectivity index (χ4n) is 2.06. The molecule has 0 heterocycles. The third-order valence-corrected chi connectivity index (χ3v) is 3.19. The van der Waals surface area contributed by atoms with Crippen molar-refractivity contribution in [3.05, 3.63) is 29.8 Å². The number of likely N-dealkylation sites (N-methyl/N-ethyl adjacent to an activating group) is 1. The second kappa shape index (κ2) is 7.79. The van der Waals surface area contributed by atoms with E-state index >= 15 is 0 Å². The van der Waals surface area contributed by atoms with Gasteiger partial charge in [0.05, 0.1) is 13.7 Å². The third-order valence-electron chi connectivity index (χ3n) is 3.19. The molecule has 0 saturated carbocycles. The number of benzene rings is 1. The van der Waals surface area contributed by atoms with Crippen molar-refractivity contribution in [3.63, 3.8) is 0 Å². The van der Waals surface area contributed by atoms with Gasteiger partial charge in [-0.25, -0.2) is 0 Å². The van der Waals surface area contributed by atoms with Crippen LogP contribution in [-0.2, 0) is 11.2 Å². The van der Waals surface area contributed by atoms with Crippen LogP contribution in [0.3, 0.4) is 0 Å². The first kappa shape index (κ1) is 15.5. The van der Waals surface area contributed by atoms with Crippen LogP contribution in [0.25, 0.3) is 0 Å². The highest BCUT2D eigenvalue weighted by molar-refractivity contribution is 5.78. The molecule has 0 bridgehead atoms. The molecule has 4 nitrogen and oxygen atoms in total. The summed E-state index contributed by atoms with van der Waals surface area (Å²) in [5.41, 5.74) is 1.11. The number of hydrogen-bond donors (Lipinski definition) is 1. The Morgan fingerprint density at radius 2 is 2.00 bits per heavy atom. The van der Waals surface area contributed by atoms with Crippen LogP contribution in [0.2, 0.25) is 0 Å². The van der Waals surface area contributed by atoms with E-state index in [2.05, 4.69) is 0 Å². The normalized spacial score (nSPS) is 12.0. The zero-order valence-corrected chi connectivity index (χ0v) is 11.9. The first-order chi connectivity index (χ1) is 9.12. The van der Waals surface area contributed by atoms with Crippen molar-refractivity contribution >= 4 is 5.91 Å². The number of nitrogens with zero attached hydrogens (tertiary/aromatic N) is 1. The van der Waals surface area contributed by atoms with E-state index in [0.29, 0.717) is 19.5 Å². The van der Waals surface area contributed by atoms with Gasteiger partial charge in [0.2, 0.25) is 5.91 Å². The monoisotopic (exact) mass is 265 g/mol. The molecule has 0 aliphatic rings. The summed E-state index contributed by atoms with van der Waals surface area (Å²) in [5, 5.41) is 8.94. The van der Waals surface area contributed by atoms with Crippen molar-refractivity contribution in [2.24, 2.45) is 5.92 Å². The highest BCUT2D eigenvalue weighted by atomic mass is 16.5. The van der Waals surface area contributed by atoms with Crippen LogP contribution < -0.4 is 4.74 Å². The summed E-state index contributed by atoms with van der Waals surface area (Å²) in [6.45, 7) is 4.89. The maximum Gasteiger partial charge on any atom is 0.225 e. The molecule has 1 amide bonds. The molecule has 0 spiro atoms. The van der Waals surface area contributed by atoms with Crippen LogP contribution in [0.1, 0.15) is 19.4 Å². The van der Waals surface area contributed by atoms with Crippen LogP contribution in [0, 0.1) is 5.92 Å². The number of ether oxygens (including phenoxy) is 1. The Bertz CT molecular complexity index is 389. The maximum absolute atomic E-state index is 12.2. The smallest absolute Gasteiger partial charge is 0.225 e. The Kier molecular flexibility index (Phi) is 6.36. The minimum Gasteiger partial charge on any atom is -0.497 e. The Hall–Kier alpha value is -1.55. The average molecular weight is 265 g/mol. The van der Waals surface area contributed by atoms with Crippen molar-refractivity contribution in [2.45, 2.75) is 20.3 Å². The number of aliphatic hydroxyl groups is 1. The number of carbonyl (C=O) groups excluding carboxylic acids is 1. The lowest BCUT2D eigenvalue weighted by atomic mass is 9.99. The first-order valence-electron chi connectivity index (χ1n) is 6.65. The average Bonchev–Trinajstić information content (AvgIpc) is 2.44. The standard InChI is InChI=1S/C15H23NO3/c1-4-16(9-10-17)15(18)12(2)11-13-5-7-14(19-3)8-6-13/h5-8,12,17H,4,9-11H2,1-3H3. The van der Waals surface area contributed by atoms with E-state index in [9.17, 15) is 4.79 Å². The van der Waals surface area contributed by atoms with E-state index in [1.807, 2.05) is 38.1 Å². The van der Waals surface area contributed by atoms with E-state index in [1.165, 1.54) is 0 Å². The van der Waals surface area contributed by atoms with E-state index in [-0.39, 0.29) is 18.4 Å². The van der Waals surface area contributed by atoms with Crippen molar-refractivity contribution in [2.75, 3.05) is 26.8 Å². The molecule has 1 N–H and O–H groups in total. The molecule has 1 aromatic carbocycles. The van der Waals surface area contributed by atoms with Gasteiger partial charge in [-0.05, 0) is 31.0 Å². The van der Waals surface area contributed by atoms with Gasteiger partial charge in [0, 0.05) is 19.0 Å². The molecule has 1 atom stereocenters. The quantitative estimate of drug-likeness (QED) is 0.816. The van der Waals surface area contributed by atoms with Gasteiger partial charge in [-0.1, -0.05) is 19.1 Å². The number of rotatable bonds is 7. The Morgan fingerprint density at radius 1 is 1.37 bits per heavy atom. The Labute approximate surface area is 115 Å². The predicted molar refractivity (Wildman–Crippen MR) is 75.2 cm³/mol. The van der Waals surface area contributed by atoms with Crippen LogP contribution >= 0.6 is 0 Å². The van der Waals surface area contributed by atoms with Crippen molar-refractivity contribution in [3.8, 4) is 5.75 Å². The molecule has 0 saturated heterocycles. The molecular weight excluding hydrogens is 242 g/mol. The predicted octanol–water partition coefficient (Wildman–Crippen LogP) is 1.71. The van der Waals surface area contributed by atoms with Gasteiger partial charge in [0.15, 0.2) is 0 Å². The van der Waals surface area contributed by atoms with Crippen LogP contribution in [-0.4, -0.2) is 42.7 Å². The molecule has 0 radical (unpaired) electrons. The van der Waals surface area contributed by atoms with Crippen LogP contribution in [0.15, 0.2) is 24.3 Å². The van der Waals surface area contributed by atoms with Crippen LogP contribution in [0.5, 0.6) is 5.75 Å². The minimum absolute atomic E-state index is 0.00877. The topological polar surface area (TPSA) is 49.8 Å². The molecule has 106 valence electrons. The molecule has 1 unspecified atom stereocenters. The molecule has 0 aromatic heterocycles. The molecular formula is C15H23NO3. The molecule has 0 fully saturated rings. The number of amides is 1. The molecule has 1 rings (SSSR count). The largest absolute Gasteiger partial charge is 0.497 e. The molecule has 4 heteroatoms. The number of carbonyl (C=O) groups is 1. The summed E-state index contributed by atoms with van der Waals surface area (Å²) < 4.78 is 5.11. The lowest BCUT2D eigenvalue weighted by molar-refractivity contribution is -0.135. The van der Waals surface area contributed by atoms with Crippen LogP contribution in [0.4, 0.5) is 0 Å². The van der Waals surface area contributed by atoms with Gasteiger partial charge in [-0.2, -0.15) is 0 Å². The minimum atomic E-state index is -0.0834. The third kappa shape index (κ3) is 4.56. The molecule has 19 heavy (non-hydrogen) atoms. The van der Waals surface area contributed by atoms with Gasteiger partial charge in [0.25, 0.3) is 0 Å². The van der Waals surface area contributed by atoms with E-state index in [1.54, 1.807) is 12.0 Å². The van der Waals surface area contributed by atoms with Gasteiger partial charge in [-0.3, -0.25) is 4.79 Å². The Balaban J connectivity index is 2.61. The SMILES string of the molecule is CCN(CCO)C(=O)C(C)Cc1ccc(OC)cc1. The summed E-state index contributed by atoms with van der Waals surface area (Å²) in [6, 6.07) is 7.76. The van der Waals surface area contributed by atoms with Gasteiger partial charge >= 0.3 is 0 Å². The van der Waals surface area contributed by atoms with E-state index in [0.717, 1.165) is 11.3 Å². The number of methoxy groups -OCH3 is 1. The summed E-state index contributed by atoms with van der Waals surface area (Å²) in [7, 11) is 1.63. The summed E-state index contributed by atoms with van der Waals surface area (Å²) in [6.07, 6.45) is 0.699. The second-order valence-corrected chi connectivity index (χ2v) is 4.59. The highest BCUT2D eigenvalue weighted by Crippen LogP contribution is 2.15. The molecule has 1 aromatic rings. The van der Waals surface area contributed by atoms with Crippen molar-refractivity contribution < 1.29 is 14.6 Å². The number of hydrogen-bond acceptors (Lipinski definition) is 3. The summed E-state index contributed by atoms with van der Waals surface area (Å²) in [5.74, 6) is 0.824. The van der Waals surface area contributed by atoms with Crippen molar-refractivity contribution in [1.29, 1.82) is 0 Å². The maximum atomic E-state index is 12.2. The zero-order valence-electron chi connectivity index (χ0n) is 11.9.